The first-order chi connectivity index (χ1) is 8.02. The number of rotatable bonds is 1. The Kier molecular flexibility index (Phi) is 2.63. The lowest BCUT2D eigenvalue weighted by molar-refractivity contribution is 0.0594. The molecule has 1 aromatic heterocycles. The van der Waals surface area contributed by atoms with Crippen molar-refractivity contribution in [1.29, 1.82) is 0 Å². The second-order valence-corrected chi connectivity index (χ2v) is 3.36. The molecule has 6 heteroatoms. The molecule has 2 aromatic rings. The highest BCUT2D eigenvalue weighted by atomic mass is 19.1. The Morgan fingerprint density at radius 1 is 1.29 bits per heavy atom. The van der Waals surface area contributed by atoms with E-state index in [1.807, 2.05) is 0 Å². The number of hydrogen-bond acceptors (Lipinski definition) is 3. The molecule has 17 heavy (non-hydrogen) atoms. The fourth-order valence-corrected chi connectivity index (χ4v) is 1.54. The fourth-order valence-electron chi connectivity index (χ4n) is 1.54. The van der Waals surface area contributed by atoms with Gasteiger partial charge in [0, 0.05) is 6.07 Å². The summed E-state index contributed by atoms with van der Waals surface area (Å²) in [5, 5.41) is -0.286. The van der Waals surface area contributed by atoms with Gasteiger partial charge in [-0.1, -0.05) is 0 Å². The van der Waals surface area contributed by atoms with Crippen molar-refractivity contribution in [3.63, 3.8) is 0 Å². The normalized spacial score (nSPS) is 10.5. The van der Waals surface area contributed by atoms with Crippen LogP contribution in [0.15, 0.2) is 23.0 Å². The minimum Gasteiger partial charge on any atom is -0.464 e. The molecule has 0 spiro atoms. The fraction of sp³-hybridized carbons (Fsp3) is 0.0909. The van der Waals surface area contributed by atoms with Gasteiger partial charge >= 0.3 is 5.97 Å². The van der Waals surface area contributed by atoms with E-state index in [1.165, 1.54) is 0 Å². The highest BCUT2D eigenvalue weighted by molar-refractivity contribution is 5.93. The van der Waals surface area contributed by atoms with Crippen molar-refractivity contribution in [2.75, 3.05) is 7.11 Å². The number of halogens is 2. The summed E-state index contributed by atoms with van der Waals surface area (Å²) in [6.07, 6.45) is 0. The number of esters is 1. The third-order valence-corrected chi connectivity index (χ3v) is 2.27. The monoisotopic (exact) mass is 239 g/mol. The van der Waals surface area contributed by atoms with Crippen molar-refractivity contribution in [2.45, 2.75) is 0 Å². The molecule has 4 nitrogen and oxygen atoms in total. The first-order valence-corrected chi connectivity index (χ1v) is 4.63. The lowest BCUT2D eigenvalue weighted by Crippen LogP contribution is -2.15. The Labute approximate surface area is 93.8 Å². The van der Waals surface area contributed by atoms with Crippen LogP contribution in [0.1, 0.15) is 10.5 Å². The smallest absolute Gasteiger partial charge is 0.354 e. The minimum absolute atomic E-state index is 0.00616. The molecular weight excluding hydrogens is 232 g/mol. The number of hydrogen-bond donors (Lipinski definition) is 1. The van der Waals surface area contributed by atoms with Crippen molar-refractivity contribution in [1.82, 2.24) is 4.98 Å². The van der Waals surface area contributed by atoms with E-state index in [0.29, 0.717) is 6.07 Å². The van der Waals surface area contributed by atoms with Gasteiger partial charge in [-0.15, -0.1) is 0 Å². The molecule has 0 aliphatic rings. The summed E-state index contributed by atoms with van der Waals surface area (Å²) in [6, 6.07) is 2.74. The average Bonchev–Trinajstić information content (AvgIpc) is 2.26. The molecule has 2 rings (SSSR count). The summed E-state index contributed by atoms with van der Waals surface area (Å²) in [5.41, 5.74) is -0.963. The highest BCUT2D eigenvalue weighted by Gasteiger charge is 2.13. The van der Waals surface area contributed by atoms with Crippen LogP contribution in [0.2, 0.25) is 0 Å². The van der Waals surface area contributed by atoms with Crippen molar-refractivity contribution < 1.29 is 18.3 Å². The first-order valence-electron chi connectivity index (χ1n) is 4.63. The minimum atomic E-state index is -0.974. The summed E-state index contributed by atoms with van der Waals surface area (Å²) in [6.45, 7) is 0. The van der Waals surface area contributed by atoms with Crippen molar-refractivity contribution in [3.05, 3.63) is 45.9 Å². The van der Waals surface area contributed by atoms with E-state index in [2.05, 4.69) is 9.72 Å². The summed E-state index contributed by atoms with van der Waals surface area (Å²) >= 11 is 0. The van der Waals surface area contributed by atoms with Crippen LogP contribution in [0.25, 0.3) is 10.8 Å². The maximum absolute atomic E-state index is 13.3. The summed E-state index contributed by atoms with van der Waals surface area (Å²) < 4.78 is 30.7. The second kappa shape index (κ2) is 3.97. The van der Waals surface area contributed by atoms with E-state index < -0.39 is 23.2 Å². The van der Waals surface area contributed by atoms with E-state index >= 15 is 0 Å². The van der Waals surface area contributed by atoms with Crippen molar-refractivity contribution >= 4 is 16.7 Å². The predicted molar refractivity (Wildman–Crippen MR) is 55.8 cm³/mol. The molecule has 0 saturated carbocycles. The van der Waals surface area contributed by atoms with Crippen LogP contribution in [-0.2, 0) is 4.74 Å². The molecule has 0 atom stereocenters. The van der Waals surface area contributed by atoms with Gasteiger partial charge in [-0.3, -0.25) is 4.79 Å². The molecule has 0 unspecified atom stereocenters. The van der Waals surface area contributed by atoms with E-state index in [9.17, 15) is 18.4 Å². The summed E-state index contributed by atoms with van der Waals surface area (Å²) in [5.74, 6) is -2.58. The standard InChI is InChI=1S/C11H7F2NO3/c1-17-11(16)8-3-5-2-6(12)4-7(13)9(5)10(15)14-8/h2-4H,1H3,(H,14,15). The van der Waals surface area contributed by atoms with Gasteiger partial charge in [-0.05, 0) is 17.5 Å². The number of H-pyrrole nitrogens is 1. The Bertz CT molecular complexity index is 664. The van der Waals surface area contributed by atoms with Crippen LogP contribution in [0, 0.1) is 11.6 Å². The van der Waals surface area contributed by atoms with Gasteiger partial charge in [0.25, 0.3) is 5.56 Å². The molecule has 88 valence electrons. The summed E-state index contributed by atoms with van der Waals surface area (Å²) in [7, 11) is 1.14. The van der Waals surface area contributed by atoms with Crippen LogP contribution in [0.5, 0.6) is 0 Å². The van der Waals surface area contributed by atoms with Gasteiger partial charge in [-0.2, -0.15) is 0 Å². The molecule has 0 radical (unpaired) electrons. The number of fused-ring (bicyclic) bond motifs is 1. The lowest BCUT2D eigenvalue weighted by atomic mass is 10.1. The van der Waals surface area contributed by atoms with Crippen molar-refractivity contribution in [3.8, 4) is 0 Å². The van der Waals surface area contributed by atoms with Gasteiger partial charge in [0.1, 0.15) is 17.3 Å². The number of carbonyl (C=O) groups excluding carboxylic acids is 1. The zero-order chi connectivity index (χ0) is 12.6. The molecule has 0 bridgehead atoms. The van der Waals surface area contributed by atoms with Crippen LogP contribution >= 0.6 is 0 Å². The topological polar surface area (TPSA) is 59.2 Å². The predicted octanol–water partition coefficient (Wildman–Crippen LogP) is 1.59. The number of nitrogens with one attached hydrogen (secondary N) is 1. The van der Waals surface area contributed by atoms with Gasteiger partial charge in [0.15, 0.2) is 0 Å². The molecule has 1 N–H and O–H groups in total. The van der Waals surface area contributed by atoms with E-state index in [-0.39, 0.29) is 16.5 Å². The Hall–Kier alpha value is -2.24. The SMILES string of the molecule is COC(=O)c1cc2cc(F)cc(F)c2c(=O)[nH]1. The molecule has 0 aliphatic carbocycles. The zero-order valence-corrected chi connectivity index (χ0v) is 8.71. The van der Waals surface area contributed by atoms with Crippen LogP contribution in [0.4, 0.5) is 8.78 Å². The van der Waals surface area contributed by atoms with Crippen LogP contribution in [-0.4, -0.2) is 18.1 Å². The molecular formula is C11H7F2NO3. The maximum Gasteiger partial charge on any atom is 0.354 e. The quantitative estimate of drug-likeness (QED) is 0.769. The number of benzene rings is 1. The average molecular weight is 239 g/mol. The van der Waals surface area contributed by atoms with Gasteiger partial charge in [0.2, 0.25) is 0 Å². The van der Waals surface area contributed by atoms with E-state index in [0.717, 1.165) is 19.2 Å². The first kappa shape index (κ1) is 11.3. The lowest BCUT2D eigenvalue weighted by Gasteiger charge is -2.03. The number of methoxy groups -OCH3 is 1. The van der Waals surface area contributed by atoms with Crippen LogP contribution in [0.3, 0.4) is 0 Å². The van der Waals surface area contributed by atoms with Gasteiger partial charge < -0.3 is 9.72 Å². The molecule has 0 amide bonds. The second-order valence-electron chi connectivity index (χ2n) is 3.36. The van der Waals surface area contributed by atoms with E-state index in [4.69, 9.17) is 0 Å². The van der Waals surface area contributed by atoms with Crippen molar-refractivity contribution in [2.24, 2.45) is 0 Å². The van der Waals surface area contributed by atoms with E-state index in [1.54, 1.807) is 0 Å². The van der Waals surface area contributed by atoms with Crippen LogP contribution < -0.4 is 5.56 Å². The molecule has 0 fully saturated rings. The number of aromatic amines is 1. The number of carbonyl (C=O) groups is 1. The zero-order valence-electron chi connectivity index (χ0n) is 8.71. The summed E-state index contributed by atoms with van der Waals surface area (Å²) in [4.78, 5) is 24.9. The number of aromatic nitrogens is 1. The molecule has 1 aromatic carbocycles. The third kappa shape index (κ3) is 1.89. The molecule has 0 aliphatic heterocycles. The highest BCUT2D eigenvalue weighted by Crippen LogP contribution is 2.16. The van der Waals surface area contributed by atoms with Gasteiger partial charge in [-0.25, -0.2) is 13.6 Å². The maximum atomic E-state index is 13.3. The molecule has 1 heterocycles. The van der Waals surface area contributed by atoms with Gasteiger partial charge in [0.05, 0.1) is 12.5 Å². The third-order valence-electron chi connectivity index (χ3n) is 2.27. The number of pyridine rings is 1. The largest absolute Gasteiger partial charge is 0.464 e. The number of ether oxygens (including phenoxy) is 1. The Morgan fingerprint density at radius 3 is 2.65 bits per heavy atom. The Morgan fingerprint density at radius 2 is 2.00 bits per heavy atom. The Balaban J connectivity index is 2.82. The molecule has 0 saturated heterocycles.